The summed E-state index contributed by atoms with van der Waals surface area (Å²) < 4.78 is 0. The SMILES string of the molecule is CCNC1CCN(CC2CC2C)C1. The maximum atomic E-state index is 3.54. The van der Waals surface area contributed by atoms with Crippen LogP contribution in [0.2, 0.25) is 0 Å². The molecule has 2 rings (SSSR count). The van der Waals surface area contributed by atoms with Gasteiger partial charge in [0.2, 0.25) is 0 Å². The minimum atomic E-state index is 0.777. The minimum Gasteiger partial charge on any atom is -0.313 e. The van der Waals surface area contributed by atoms with Gasteiger partial charge in [0.25, 0.3) is 0 Å². The van der Waals surface area contributed by atoms with Crippen LogP contribution < -0.4 is 5.32 Å². The van der Waals surface area contributed by atoms with Crippen LogP contribution in [0.5, 0.6) is 0 Å². The molecule has 1 N–H and O–H groups in total. The highest BCUT2D eigenvalue weighted by Crippen LogP contribution is 2.38. The number of rotatable bonds is 4. The summed E-state index contributed by atoms with van der Waals surface area (Å²) in [5, 5.41) is 3.54. The first kappa shape index (κ1) is 9.47. The Morgan fingerprint density at radius 1 is 1.46 bits per heavy atom. The lowest BCUT2D eigenvalue weighted by Gasteiger charge is -2.15. The topological polar surface area (TPSA) is 15.3 Å². The van der Waals surface area contributed by atoms with E-state index in [1.165, 1.54) is 32.5 Å². The summed E-state index contributed by atoms with van der Waals surface area (Å²) in [5.41, 5.74) is 0. The van der Waals surface area contributed by atoms with Gasteiger partial charge < -0.3 is 10.2 Å². The Labute approximate surface area is 81.7 Å². The van der Waals surface area contributed by atoms with Crippen LogP contribution in [0.25, 0.3) is 0 Å². The van der Waals surface area contributed by atoms with Gasteiger partial charge in [-0.05, 0) is 37.8 Å². The number of nitrogens with zero attached hydrogens (tertiary/aromatic N) is 1. The highest BCUT2D eigenvalue weighted by atomic mass is 15.2. The van der Waals surface area contributed by atoms with E-state index in [2.05, 4.69) is 24.1 Å². The van der Waals surface area contributed by atoms with E-state index in [0.29, 0.717) is 0 Å². The van der Waals surface area contributed by atoms with Gasteiger partial charge in [-0.3, -0.25) is 0 Å². The van der Waals surface area contributed by atoms with Gasteiger partial charge in [0, 0.05) is 19.1 Å². The van der Waals surface area contributed by atoms with Gasteiger partial charge in [0.15, 0.2) is 0 Å². The van der Waals surface area contributed by atoms with Crippen LogP contribution in [0.15, 0.2) is 0 Å². The summed E-state index contributed by atoms with van der Waals surface area (Å²) in [7, 11) is 0. The largest absolute Gasteiger partial charge is 0.313 e. The van der Waals surface area contributed by atoms with E-state index < -0.39 is 0 Å². The predicted molar refractivity (Wildman–Crippen MR) is 55.8 cm³/mol. The number of likely N-dealkylation sites (tertiary alicyclic amines) is 1. The molecule has 0 bridgehead atoms. The molecule has 0 radical (unpaired) electrons. The van der Waals surface area contributed by atoms with Crippen molar-refractivity contribution in [3.05, 3.63) is 0 Å². The second-order valence-electron chi connectivity index (χ2n) is 4.78. The summed E-state index contributed by atoms with van der Waals surface area (Å²) in [6.45, 7) is 9.67. The van der Waals surface area contributed by atoms with Crippen molar-refractivity contribution < 1.29 is 0 Å². The molecule has 1 saturated carbocycles. The molecule has 0 aromatic carbocycles. The van der Waals surface area contributed by atoms with Crippen LogP contribution in [0.4, 0.5) is 0 Å². The zero-order valence-electron chi connectivity index (χ0n) is 8.92. The molecule has 0 aromatic rings. The van der Waals surface area contributed by atoms with E-state index in [-0.39, 0.29) is 0 Å². The van der Waals surface area contributed by atoms with Crippen LogP contribution in [0, 0.1) is 11.8 Å². The summed E-state index contributed by atoms with van der Waals surface area (Å²) in [6.07, 6.45) is 2.83. The Morgan fingerprint density at radius 2 is 2.23 bits per heavy atom. The second-order valence-corrected chi connectivity index (χ2v) is 4.78. The van der Waals surface area contributed by atoms with Crippen LogP contribution in [-0.4, -0.2) is 37.1 Å². The molecule has 2 nitrogen and oxygen atoms in total. The van der Waals surface area contributed by atoms with Crippen molar-refractivity contribution in [3.63, 3.8) is 0 Å². The first-order valence-electron chi connectivity index (χ1n) is 5.75. The fourth-order valence-corrected chi connectivity index (χ4v) is 2.44. The van der Waals surface area contributed by atoms with Crippen molar-refractivity contribution in [2.24, 2.45) is 11.8 Å². The second kappa shape index (κ2) is 3.97. The van der Waals surface area contributed by atoms with Crippen molar-refractivity contribution in [1.82, 2.24) is 10.2 Å². The summed E-state index contributed by atoms with van der Waals surface area (Å²) in [4.78, 5) is 2.64. The van der Waals surface area contributed by atoms with Gasteiger partial charge >= 0.3 is 0 Å². The molecule has 1 heterocycles. The zero-order chi connectivity index (χ0) is 9.26. The molecule has 3 atom stereocenters. The number of nitrogens with one attached hydrogen (secondary N) is 1. The standard InChI is InChI=1S/C11H22N2/c1-3-12-11-4-5-13(8-11)7-10-6-9(10)2/h9-12H,3-8H2,1-2H3. The maximum Gasteiger partial charge on any atom is 0.0207 e. The zero-order valence-corrected chi connectivity index (χ0v) is 8.92. The number of hydrogen-bond acceptors (Lipinski definition) is 2. The minimum absolute atomic E-state index is 0.777. The fraction of sp³-hybridized carbons (Fsp3) is 1.00. The lowest BCUT2D eigenvalue weighted by Crippen LogP contribution is -2.33. The van der Waals surface area contributed by atoms with Gasteiger partial charge in [-0.2, -0.15) is 0 Å². The van der Waals surface area contributed by atoms with Crippen LogP contribution in [-0.2, 0) is 0 Å². The molecule has 0 spiro atoms. The molecule has 0 amide bonds. The molecular weight excluding hydrogens is 160 g/mol. The van der Waals surface area contributed by atoms with Gasteiger partial charge in [-0.15, -0.1) is 0 Å². The Hall–Kier alpha value is -0.0800. The molecule has 2 fully saturated rings. The molecule has 13 heavy (non-hydrogen) atoms. The maximum absolute atomic E-state index is 3.54. The van der Waals surface area contributed by atoms with E-state index in [1.54, 1.807) is 0 Å². The van der Waals surface area contributed by atoms with E-state index in [1.807, 2.05) is 0 Å². The highest BCUT2D eigenvalue weighted by Gasteiger charge is 2.35. The Morgan fingerprint density at radius 3 is 2.85 bits per heavy atom. The van der Waals surface area contributed by atoms with Crippen molar-refractivity contribution in [2.45, 2.75) is 32.7 Å². The lowest BCUT2D eigenvalue weighted by molar-refractivity contribution is 0.309. The Kier molecular flexibility index (Phi) is 2.89. The summed E-state index contributed by atoms with van der Waals surface area (Å²) >= 11 is 0. The average Bonchev–Trinajstić information content (AvgIpc) is 2.63. The molecule has 1 saturated heterocycles. The van der Waals surface area contributed by atoms with Crippen LogP contribution >= 0.6 is 0 Å². The predicted octanol–water partition coefficient (Wildman–Crippen LogP) is 1.33. The first-order chi connectivity index (χ1) is 6.29. The molecule has 2 aliphatic rings. The van der Waals surface area contributed by atoms with Crippen LogP contribution in [0.1, 0.15) is 26.7 Å². The van der Waals surface area contributed by atoms with Crippen LogP contribution in [0.3, 0.4) is 0 Å². The normalized spacial score (nSPS) is 39.7. The molecule has 1 aliphatic heterocycles. The van der Waals surface area contributed by atoms with E-state index in [9.17, 15) is 0 Å². The van der Waals surface area contributed by atoms with Gasteiger partial charge in [0.1, 0.15) is 0 Å². The van der Waals surface area contributed by atoms with E-state index in [4.69, 9.17) is 0 Å². The van der Waals surface area contributed by atoms with Crippen molar-refractivity contribution in [2.75, 3.05) is 26.2 Å². The number of likely N-dealkylation sites (N-methyl/N-ethyl adjacent to an activating group) is 1. The first-order valence-corrected chi connectivity index (χ1v) is 5.75. The van der Waals surface area contributed by atoms with E-state index in [0.717, 1.165) is 24.4 Å². The highest BCUT2D eigenvalue weighted by molar-refractivity contribution is 4.89. The third-order valence-corrected chi connectivity index (χ3v) is 3.53. The third kappa shape index (κ3) is 2.44. The molecule has 2 heteroatoms. The Bertz CT molecular complexity index is 169. The third-order valence-electron chi connectivity index (χ3n) is 3.53. The van der Waals surface area contributed by atoms with Gasteiger partial charge in [0.05, 0.1) is 0 Å². The van der Waals surface area contributed by atoms with Gasteiger partial charge in [-0.25, -0.2) is 0 Å². The smallest absolute Gasteiger partial charge is 0.0207 e. The quantitative estimate of drug-likeness (QED) is 0.705. The molecular formula is C11H22N2. The average molecular weight is 182 g/mol. The van der Waals surface area contributed by atoms with Crippen molar-refractivity contribution in [1.29, 1.82) is 0 Å². The summed E-state index contributed by atoms with van der Waals surface area (Å²) in [5.74, 6) is 2.04. The number of hydrogen-bond donors (Lipinski definition) is 1. The lowest BCUT2D eigenvalue weighted by atomic mass is 10.3. The molecule has 0 aromatic heterocycles. The molecule has 76 valence electrons. The molecule has 3 unspecified atom stereocenters. The monoisotopic (exact) mass is 182 g/mol. The van der Waals surface area contributed by atoms with Crippen molar-refractivity contribution >= 4 is 0 Å². The fourth-order valence-electron chi connectivity index (χ4n) is 2.44. The van der Waals surface area contributed by atoms with E-state index >= 15 is 0 Å². The molecule has 1 aliphatic carbocycles. The van der Waals surface area contributed by atoms with Gasteiger partial charge in [-0.1, -0.05) is 13.8 Å². The Balaban J connectivity index is 1.66. The summed E-state index contributed by atoms with van der Waals surface area (Å²) in [6, 6.07) is 0.777. The van der Waals surface area contributed by atoms with Crippen molar-refractivity contribution in [3.8, 4) is 0 Å².